The van der Waals surface area contributed by atoms with Crippen LogP contribution >= 0.6 is 0 Å². The van der Waals surface area contributed by atoms with Crippen LogP contribution in [-0.2, 0) is 15.7 Å². The van der Waals surface area contributed by atoms with E-state index in [0.717, 1.165) is 6.07 Å². The lowest BCUT2D eigenvalue weighted by atomic mass is 9.81. The van der Waals surface area contributed by atoms with Crippen LogP contribution in [0.5, 0.6) is 5.88 Å². The molecule has 4 atom stereocenters. The number of alkyl halides is 3. The number of ether oxygens (including phenoxy) is 2. The van der Waals surface area contributed by atoms with Gasteiger partial charge in [-0.3, -0.25) is 9.59 Å². The van der Waals surface area contributed by atoms with Crippen LogP contribution in [0.15, 0.2) is 41.3 Å². The van der Waals surface area contributed by atoms with Crippen LogP contribution in [-0.4, -0.2) is 79.3 Å². The number of piperazine rings is 1. The Labute approximate surface area is 289 Å². The molecule has 1 aliphatic carbocycles. The van der Waals surface area contributed by atoms with Gasteiger partial charge in [-0.05, 0) is 64.3 Å². The minimum Gasteiger partial charge on any atom is -0.481 e. The van der Waals surface area contributed by atoms with Crippen molar-refractivity contribution in [2.24, 2.45) is 0 Å². The first-order chi connectivity index (χ1) is 24.1. The maximum atomic E-state index is 14.9. The topological polar surface area (TPSA) is 137 Å². The maximum Gasteiger partial charge on any atom is 0.416 e. The number of aromatic nitrogens is 5. The Kier molecular flexibility index (Phi) is 8.21. The van der Waals surface area contributed by atoms with E-state index in [1.807, 2.05) is 11.8 Å². The van der Waals surface area contributed by atoms with Crippen LogP contribution in [0.4, 0.5) is 33.7 Å². The van der Waals surface area contributed by atoms with Gasteiger partial charge in [0.05, 0.1) is 35.8 Å². The molecule has 13 nitrogen and oxygen atoms in total. The summed E-state index contributed by atoms with van der Waals surface area (Å²) in [7, 11) is 1.45. The number of carbonyl (C=O) groups excluding carboxylic acids is 2. The first kappa shape index (κ1) is 34.2. The Hall–Kier alpha value is -5.22. The summed E-state index contributed by atoms with van der Waals surface area (Å²) in [4.78, 5) is 50.7. The average molecular weight is 713 g/mol. The van der Waals surface area contributed by atoms with Crippen molar-refractivity contribution in [3.05, 3.63) is 63.8 Å². The quantitative estimate of drug-likeness (QED) is 0.269. The van der Waals surface area contributed by atoms with Gasteiger partial charge in [0.15, 0.2) is 11.2 Å². The van der Waals surface area contributed by atoms with Gasteiger partial charge in [-0.1, -0.05) is 6.92 Å². The number of carbonyl (C=O) groups is 2. The van der Waals surface area contributed by atoms with E-state index in [0.29, 0.717) is 55.1 Å². The van der Waals surface area contributed by atoms with Crippen molar-refractivity contribution in [3.8, 4) is 11.6 Å². The van der Waals surface area contributed by atoms with E-state index < -0.39 is 52.3 Å². The van der Waals surface area contributed by atoms with Crippen LogP contribution < -0.4 is 20.4 Å². The van der Waals surface area contributed by atoms with E-state index in [4.69, 9.17) is 9.47 Å². The van der Waals surface area contributed by atoms with Crippen molar-refractivity contribution in [1.82, 2.24) is 29.4 Å². The maximum absolute atomic E-state index is 14.9. The Morgan fingerprint density at radius 2 is 1.76 bits per heavy atom. The third-order valence-electron chi connectivity index (χ3n) is 9.63. The number of pyridine rings is 2. The molecule has 4 aromatic rings. The third-order valence-corrected chi connectivity index (χ3v) is 9.63. The first-order valence-electron chi connectivity index (χ1n) is 16.6. The van der Waals surface area contributed by atoms with Gasteiger partial charge >= 0.3 is 12.3 Å². The Morgan fingerprint density at radius 3 is 2.41 bits per heavy atom. The molecular weight excluding hydrogens is 676 g/mol. The minimum absolute atomic E-state index is 0.0254. The predicted molar refractivity (Wildman–Crippen MR) is 177 cm³/mol. The van der Waals surface area contributed by atoms with E-state index in [2.05, 4.69) is 20.5 Å². The number of anilines is 2. The summed E-state index contributed by atoms with van der Waals surface area (Å²) in [5, 5.41) is 11.7. The average Bonchev–Trinajstić information content (AvgIpc) is 3.63. The number of methoxy groups -OCH3 is 1. The Balaban J connectivity index is 1.33. The number of fused-ring (bicyclic) bond motifs is 4. The van der Waals surface area contributed by atoms with Gasteiger partial charge in [0.25, 0.3) is 0 Å². The number of nitrogens with one attached hydrogen (secondary N) is 1. The Bertz CT molecular complexity index is 2110. The molecule has 3 aromatic heterocycles. The molecule has 17 heteroatoms. The van der Waals surface area contributed by atoms with E-state index in [9.17, 15) is 31.9 Å². The number of amides is 2. The highest BCUT2D eigenvalue weighted by atomic mass is 19.4. The molecule has 2 aliphatic heterocycles. The molecule has 0 spiro atoms. The molecule has 7 rings (SSSR count). The molecule has 1 saturated heterocycles. The molecule has 3 aliphatic rings. The standard InChI is InChI=1S/C34H36F4N8O5/c1-17-14-24(31(48)40-21-7-6-18(15-20(21)35)34(36,37)38)45-27(17)28(43-12-13-44(23-9-8-22(23)43)32(49)51-33(2,3)4)29(47)26-30(45)42-46(41-26)19-10-11-39-25(16-19)50-5/h6-7,10-11,15-17,22-24H,8-9,12-14H2,1-5H3,(H,40,48)/t17-,22-,23-,24-/m0/s1. The lowest BCUT2D eigenvalue weighted by Crippen LogP contribution is -2.67. The second-order valence-corrected chi connectivity index (χ2v) is 14.1. The van der Waals surface area contributed by atoms with Crippen molar-refractivity contribution in [2.75, 3.05) is 30.4 Å². The van der Waals surface area contributed by atoms with Crippen molar-refractivity contribution >= 4 is 34.5 Å². The number of nitrogens with zero attached hydrogens (tertiary/aromatic N) is 7. The number of hydrogen-bond acceptors (Lipinski definition) is 9. The molecule has 0 unspecified atom stereocenters. The van der Waals surface area contributed by atoms with Crippen molar-refractivity contribution in [1.29, 1.82) is 0 Å². The van der Waals surface area contributed by atoms with Gasteiger partial charge in [0.1, 0.15) is 23.1 Å². The number of rotatable bonds is 5. The fourth-order valence-electron chi connectivity index (χ4n) is 7.23. The minimum atomic E-state index is -4.76. The van der Waals surface area contributed by atoms with Gasteiger partial charge in [0, 0.05) is 37.3 Å². The molecule has 270 valence electrons. The lowest BCUT2D eigenvalue weighted by molar-refractivity contribution is -0.137. The molecule has 51 heavy (non-hydrogen) atoms. The third kappa shape index (κ3) is 6.01. The second kappa shape index (κ2) is 12.2. The van der Waals surface area contributed by atoms with Gasteiger partial charge in [-0.25, -0.2) is 14.2 Å². The number of hydrogen-bond donors (Lipinski definition) is 1. The van der Waals surface area contributed by atoms with Gasteiger partial charge in [-0.2, -0.15) is 13.2 Å². The summed E-state index contributed by atoms with van der Waals surface area (Å²) in [5.74, 6) is -2.05. The summed E-state index contributed by atoms with van der Waals surface area (Å²) in [6, 6.07) is 3.64. The van der Waals surface area contributed by atoms with Gasteiger partial charge in [0.2, 0.25) is 17.2 Å². The van der Waals surface area contributed by atoms with E-state index >= 15 is 0 Å². The highest BCUT2D eigenvalue weighted by molar-refractivity contribution is 5.96. The summed E-state index contributed by atoms with van der Waals surface area (Å²) in [5.41, 5.74) is -1.33. The number of benzene rings is 1. The van der Waals surface area contributed by atoms with Crippen LogP contribution in [0.1, 0.15) is 70.2 Å². The molecule has 1 aromatic carbocycles. The normalized spacial score (nSPS) is 21.6. The molecular formula is C34H36F4N8O5. The second-order valence-electron chi connectivity index (χ2n) is 14.1. The van der Waals surface area contributed by atoms with Crippen molar-refractivity contribution in [2.45, 2.75) is 82.8 Å². The smallest absolute Gasteiger partial charge is 0.416 e. The van der Waals surface area contributed by atoms with Crippen LogP contribution in [0, 0.1) is 5.82 Å². The van der Waals surface area contributed by atoms with Crippen molar-refractivity contribution < 1.29 is 36.6 Å². The van der Waals surface area contributed by atoms with Crippen LogP contribution in [0.25, 0.3) is 16.9 Å². The van der Waals surface area contributed by atoms with E-state index in [-0.39, 0.29) is 41.5 Å². The Morgan fingerprint density at radius 1 is 1.02 bits per heavy atom. The predicted octanol–water partition coefficient (Wildman–Crippen LogP) is 5.42. The van der Waals surface area contributed by atoms with Crippen molar-refractivity contribution in [3.63, 3.8) is 0 Å². The number of halogens is 4. The highest BCUT2D eigenvalue weighted by Gasteiger charge is 2.49. The molecule has 0 radical (unpaired) electrons. The molecule has 2 amide bonds. The van der Waals surface area contributed by atoms with Crippen LogP contribution in [0.3, 0.4) is 0 Å². The molecule has 1 saturated carbocycles. The zero-order chi connectivity index (χ0) is 36.6. The summed E-state index contributed by atoms with van der Waals surface area (Å²) in [6.45, 7) is 7.86. The first-order valence-corrected chi connectivity index (χ1v) is 16.6. The molecule has 5 heterocycles. The molecule has 1 N–H and O–H groups in total. The highest BCUT2D eigenvalue weighted by Crippen LogP contribution is 2.45. The fourth-order valence-corrected chi connectivity index (χ4v) is 7.23. The van der Waals surface area contributed by atoms with E-state index in [1.54, 1.807) is 42.4 Å². The summed E-state index contributed by atoms with van der Waals surface area (Å²) < 4.78 is 67.0. The van der Waals surface area contributed by atoms with E-state index in [1.165, 1.54) is 18.1 Å². The zero-order valence-electron chi connectivity index (χ0n) is 28.5. The molecule has 0 bridgehead atoms. The van der Waals surface area contributed by atoms with Gasteiger partial charge < -0.3 is 29.2 Å². The van der Waals surface area contributed by atoms with Crippen LogP contribution in [0.2, 0.25) is 0 Å². The largest absolute Gasteiger partial charge is 0.481 e. The fraction of sp³-hybridized carbons (Fsp3) is 0.471. The zero-order valence-corrected chi connectivity index (χ0v) is 28.5. The summed E-state index contributed by atoms with van der Waals surface area (Å²) in [6.07, 6.45) is -2.10. The summed E-state index contributed by atoms with van der Waals surface area (Å²) >= 11 is 0. The SMILES string of the molecule is COc1cc(-n2nc3c(=O)c(N4CCN(C(=O)OC(C)(C)C)[C@H]5CC[C@@H]54)c4n(c3n2)[C@H](C(=O)Nc2ccc(C(F)(F)F)cc2F)C[C@@H]4C)ccn1. The molecule has 2 fully saturated rings. The monoisotopic (exact) mass is 712 g/mol. The van der Waals surface area contributed by atoms with Gasteiger partial charge in [-0.15, -0.1) is 15.0 Å². The lowest BCUT2D eigenvalue weighted by Gasteiger charge is -2.54.